The quantitative estimate of drug-likeness (QED) is 0.744. The average molecular weight is 283 g/mol. The third-order valence-electron chi connectivity index (χ3n) is 2.78. The maximum atomic E-state index is 11.7. The maximum Gasteiger partial charge on any atom is 0.339 e. The third-order valence-corrected chi connectivity index (χ3v) is 3.69. The van der Waals surface area contributed by atoms with Gasteiger partial charge in [-0.3, -0.25) is 4.79 Å². The second-order valence-corrected chi connectivity index (χ2v) is 4.51. The van der Waals surface area contributed by atoms with Crippen LogP contribution in [0, 0.1) is 0 Å². The minimum atomic E-state index is -0.382. The number of hydrogen-bond donors (Lipinski definition) is 0. The monoisotopic (exact) mass is 282 g/mol. The number of ether oxygens (including phenoxy) is 1. The number of ketones is 1. The standard InChI is InChI=1S/C12H11BrO3/c1-16-12(15)9-6-5-7-8(11(9)13)3-2-4-10(7)14/h5-6H,2-4H2,1H3. The molecule has 0 heterocycles. The summed E-state index contributed by atoms with van der Waals surface area (Å²) < 4.78 is 5.38. The van der Waals surface area contributed by atoms with E-state index in [4.69, 9.17) is 0 Å². The summed E-state index contributed by atoms with van der Waals surface area (Å²) in [5.41, 5.74) is 2.14. The molecule has 1 aromatic carbocycles. The lowest BCUT2D eigenvalue weighted by Crippen LogP contribution is -2.14. The number of carbonyl (C=O) groups excluding carboxylic acids is 2. The largest absolute Gasteiger partial charge is 0.465 e. The van der Waals surface area contributed by atoms with E-state index in [9.17, 15) is 9.59 Å². The van der Waals surface area contributed by atoms with Gasteiger partial charge < -0.3 is 4.74 Å². The van der Waals surface area contributed by atoms with Gasteiger partial charge in [0.05, 0.1) is 12.7 Å². The summed E-state index contributed by atoms with van der Waals surface area (Å²) in [6, 6.07) is 3.35. The van der Waals surface area contributed by atoms with E-state index in [-0.39, 0.29) is 11.8 Å². The zero-order valence-electron chi connectivity index (χ0n) is 8.88. The van der Waals surface area contributed by atoms with Gasteiger partial charge in [0, 0.05) is 16.5 Å². The van der Waals surface area contributed by atoms with E-state index >= 15 is 0 Å². The second-order valence-electron chi connectivity index (χ2n) is 3.72. The molecule has 0 atom stereocenters. The molecule has 0 saturated heterocycles. The topological polar surface area (TPSA) is 43.4 Å². The lowest BCUT2D eigenvalue weighted by atomic mass is 9.89. The lowest BCUT2D eigenvalue weighted by molar-refractivity contribution is 0.0599. The van der Waals surface area contributed by atoms with Crippen LogP contribution in [0.4, 0.5) is 0 Å². The first-order chi connectivity index (χ1) is 7.65. The predicted octanol–water partition coefficient (Wildman–Crippen LogP) is 2.75. The van der Waals surface area contributed by atoms with Crippen LogP contribution in [0.15, 0.2) is 16.6 Å². The molecule has 0 bridgehead atoms. The molecule has 0 unspecified atom stereocenters. The van der Waals surface area contributed by atoms with Crippen molar-refractivity contribution in [3.05, 3.63) is 33.3 Å². The minimum absolute atomic E-state index is 0.151. The summed E-state index contributed by atoms with van der Waals surface area (Å²) in [4.78, 5) is 23.1. The molecule has 0 aromatic heterocycles. The highest BCUT2D eigenvalue weighted by molar-refractivity contribution is 9.10. The number of benzene rings is 1. The molecule has 0 aliphatic heterocycles. The van der Waals surface area contributed by atoms with E-state index in [0.717, 1.165) is 24.0 Å². The van der Waals surface area contributed by atoms with Crippen LogP contribution >= 0.6 is 15.9 Å². The fourth-order valence-corrected chi connectivity index (χ4v) is 2.66. The van der Waals surface area contributed by atoms with Crippen molar-refractivity contribution in [2.75, 3.05) is 7.11 Å². The van der Waals surface area contributed by atoms with E-state index in [1.807, 2.05) is 0 Å². The summed E-state index contributed by atoms with van der Waals surface area (Å²) in [6.45, 7) is 0. The molecule has 0 saturated carbocycles. The lowest BCUT2D eigenvalue weighted by Gasteiger charge is -2.17. The molecule has 1 aromatic rings. The normalized spacial score (nSPS) is 14.5. The molecule has 4 heteroatoms. The summed E-state index contributed by atoms with van der Waals surface area (Å²) in [5.74, 6) is -0.230. The van der Waals surface area contributed by atoms with Gasteiger partial charge in [-0.25, -0.2) is 4.79 Å². The van der Waals surface area contributed by atoms with Crippen molar-refractivity contribution in [1.29, 1.82) is 0 Å². The molecule has 0 amide bonds. The smallest absolute Gasteiger partial charge is 0.339 e. The Balaban J connectivity index is 2.55. The predicted molar refractivity (Wildman–Crippen MR) is 62.8 cm³/mol. The molecular formula is C12H11BrO3. The van der Waals surface area contributed by atoms with Gasteiger partial charge >= 0.3 is 5.97 Å². The molecule has 3 nitrogen and oxygen atoms in total. The van der Waals surface area contributed by atoms with Crippen molar-refractivity contribution in [3.8, 4) is 0 Å². The number of hydrogen-bond acceptors (Lipinski definition) is 3. The summed E-state index contributed by atoms with van der Waals surface area (Å²) in [5, 5.41) is 0. The SMILES string of the molecule is COC(=O)c1ccc2c(c1Br)CCCC2=O. The van der Waals surface area contributed by atoms with E-state index in [2.05, 4.69) is 20.7 Å². The first kappa shape index (κ1) is 11.3. The highest BCUT2D eigenvalue weighted by Gasteiger charge is 2.23. The van der Waals surface area contributed by atoms with Crippen LogP contribution < -0.4 is 0 Å². The number of esters is 1. The summed E-state index contributed by atoms with van der Waals surface area (Å²) >= 11 is 3.38. The molecule has 16 heavy (non-hydrogen) atoms. The molecule has 1 aliphatic rings. The van der Waals surface area contributed by atoms with Crippen molar-refractivity contribution in [1.82, 2.24) is 0 Å². The van der Waals surface area contributed by atoms with Crippen LogP contribution in [-0.4, -0.2) is 18.9 Å². The highest BCUT2D eigenvalue weighted by atomic mass is 79.9. The number of fused-ring (bicyclic) bond motifs is 1. The third kappa shape index (κ3) is 1.78. The van der Waals surface area contributed by atoms with Crippen molar-refractivity contribution >= 4 is 27.7 Å². The Hall–Kier alpha value is -1.16. The van der Waals surface area contributed by atoms with E-state index in [1.165, 1.54) is 7.11 Å². The Morgan fingerprint density at radius 3 is 2.81 bits per heavy atom. The molecule has 84 valence electrons. The molecule has 0 spiro atoms. The first-order valence-electron chi connectivity index (χ1n) is 5.08. The molecule has 0 fully saturated rings. The van der Waals surface area contributed by atoms with Gasteiger partial charge in [-0.2, -0.15) is 0 Å². The van der Waals surface area contributed by atoms with Crippen LogP contribution in [0.3, 0.4) is 0 Å². The Labute approximate surface area is 102 Å². The Morgan fingerprint density at radius 2 is 2.12 bits per heavy atom. The molecule has 0 radical (unpaired) electrons. The van der Waals surface area contributed by atoms with Gasteiger partial charge in [0.15, 0.2) is 5.78 Å². The number of rotatable bonds is 1. The van der Waals surface area contributed by atoms with Crippen LogP contribution in [0.25, 0.3) is 0 Å². The molecular weight excluding hydrogens is 272 g/mol. The van der Waals surface area contributed by atoms with Gasteiger partial charge in [-0.1, -0.05) is 6.07 Å². The van der Waals surface area contributed by atoms with Crippen LogP contribution in [-0.2, 0) is 11.2 Å². The van der Waals surface area contributed by atoms with Crippen molar-refractivity contribution in [3.63, 3.8) is 0 Å². The van der Waals surface area contributed by atoms with Crippen molar-refractivity contribution in [2.45, 2.75) is 19.3 Å². The van der Waals surface area contributed by atoms with Gasteiger partial charge in [-0.15, -0.1) is 0 Å². The first-order valence-corrected chi connectivity index (χ1v) is 5.87. The van der Waals surface area contributed by atoms with E-state index < -0.39 is 0 Å². The Bertz CT molecular complexity index is 466. The van der Waals surface area contributed by atoms with Crippen molar-refractivity contribution in [2.24, 2.45) is 0 Å². The maximum absolute atomic E-state index is 11.7. The summed E-state index contributed by atoms with van der Waals surface area (Å²) in [7, 11) is 1.35. The zero-order chi connectivity index (χ0) is 11.7. The van der Waals surface area contributed by atoms with Crippen LogP contribution in [0.1, 0.15) is 39.1 Å². The number of Topliss-reactive ketones (excluding diaryl/α,β-unsaturated/α-hetero) is 1. The highest BCUT2D eigenvalue weighted by Crippen LogP contribution is 2.31. The van der Waals surface area contributed by atoms with Gasteiger partial charge in [-0.05, 0) is 40.4 Å². The number of halogens is 1. The van der Waals surface area contributed by atoms with Gasteiger partial charge in [0.1, 0.15) is 0 Å². The molecule has 1 aliphatic carbocycles. The summed E-state index contributed by atoms with van der Waals surface area (Å²) in [6.07, 6.45) is 2.26. The number of methoxy groups -OCH3 is 1. The van der Waals surface area contributed by atoms with Crippen molar-refractivity contribution < 1.29 is 14.3 Å². The number of carbonyl (C=O) groups is 2. The Kier molecular flexibility index (Phi) is 3.10. The van der Waals surface area contributed by atoms with E-state index in [1.54, 1.807) is 12.1 Å². The minimum Gasteiger partial charge on any atom is -0.465 e. The fraction of sp³-hybridized carbons (Fsp3) is 0.333. The second kappa shape index (κ2) is 4.37. The van der Waals surface area contributed by atoms with E-state index in [0.29, 0.717) is 16.5 Å². The van der Waals surface area contributed by atoms with Gasteiger partial charge in [0.2, 0.25) is 0 Å². The fourth-order valence-electron chi connectivity index (χ4n) is 1.95. The van der Waals surface area contributed by atoms with Crippen LogP contribution in [0.2, 0.25) is 0 Å². The zero-order valence-corrected chi connectivity index (χ0v) is 10.5. The Morgan fingerprint density at radius 1 is 1.38 bits per heavy atom. The average Bonchev–Trinajstić information content (AvgIpc) is 2.30. The van der Waals surface area contributed by atoms with Crippen LogP contribution in [0.5, 0.6) is 0 Å². The van der Waals surface area contributed by atoms with Gasteiger partial charge in [0.25, 0.3) is 0 Å². The molecule has 2 rings (SSSR count). The molecule has 0 N–H and O–H groups in total.